The molecule has 1 saturated heterocycles. The van der Waals surface area contributed by atoms with Crippen molar-refractivity contribution in [1.29, 1.82) is 0 Å². The van der Waals surface area contributed by atoms with Crippen molar-refractivity contribution in [3.05, 3.63) is 47.5 Å². The minimum atomic E-state index is -3.77. The average Bonchev–Trinajstić information content (AvgIpc) is 3.03. The van der Waals surface area contributed by atoms with Crippen LogP contribution in [-0.2, 0) is 14.8 Å². The van der Waals surface area contributed by atoms with Crippen LogP contribution >= 0.6 is 22.9 Å². The molecule has 1 fully saturated rings. The maximum atomic E-state index is 12.6. The molecule has 6 nitrogen and oxygen atoms in total. The quantitative estimate of drug-likeness (QED) is 0.682. The van der Waals surface area contributed by atoms with Crippen molar-refractivity contribution >= 4 is 59.9 Å². The van der Waals surface area contributed by atoms with E-state index in [-0.39, 0.29) is 15.9 Å². The predicted molar refractivity (Wildman–Crippen MR) is 108 cm³/mol. The molecule has 1 aliphatic rings. The molecule has 1 aromatic heterocycles. The number of fused-ring (bicyclic) bond motifs is 1. The summed E-state index contributed by atoms with van der Waals surface area (Å²) in [6, 6.07) is 11.5. The number of benzene rings is 2. The van der Waals surface area contributed by atoms with Gasteiger partial charge in [0.05, 0.1) is 15.1 Å². The molecule has 1 N–H and O–H groups in total. The summed E-state index contributed by atoms with van der Waals surface area (Å²) in [6.07, 6.45) is 2.39. The summed E-state index contributed by atoms with van der Waals surface area (Å²) < 4.78 is 28.6. The van der Waals surface area contributed by atoms with Crippen LogP contribution in [0.2, 0.25) is 5.02 Å². The molecule has 0 atom stereocenters. The first kappa shape index (κ1) is 18.2. The third-order valence-corrected chi connectivity index (χ3v) is 7.01. The molecule has 2 heterocycles. The first-order chi connectivity index (χ1) is 12.9. The second-order valence-corrected chi connectivity index (χ2v) is 9.38. The van der Waals surface area contributed by atoms with Gasteiger partial charge >= 0.3 is 0 Å². The van der Waals surface area contributed by atoms with Crippen LogP contribution in [0.15, 0.2) is 47.4 Å². The summed E-state index contributed by atoms with van der Waals surface area (Å²) in [7, 11) is -3.77. The predicted octanol–water partition coefficient (Wildman–Crippen LogP) is 4.27. The molecular formula is C18H16ClN3O3S2. The Balaban J connectivity index is 1.56. The largest absolute Gasteiger partial charge is 0.312 e. The van der Waals surface area contributed by atoms with Crippen molar-refractivity contribution in [1.82, 2.24) is 4.98 Å². The zero-order valence-corrected chi connectivity index (χ0v) is 16.6. The van der Waals surface area contributed by atoms with Gasteiger partial charge in [-0.1, -0.05) is 22.9 Å². The molecule has 0 spiro atoms. The Morgan fingerprint density at radius 1 is 1.11 bits per heavy atom. The van der Waals surface area contributed by atoms with Crippen molar-refractivity contribution in [3.63, 3.8) is 0 Å². The lowest BCUT2D eigenvalue weighted by molar-refractivity contribution is -0.119. The lowest BCUT2D eigenvalue weighted by Crippen LogP contribution is -2.35. The Labute approximate surface area is 165 Å². The number of carbonyl (C=O) groups is 1. The van der Waals surface area contributed by atoms with Gasteiger partial charge in [-0.15, -0.1) is 0 Å². The highest BCUT2D eigenvalue weighted by molar-refractivity contribution is 7.93. The van der Waals surface area contributed by atoms with Gasteiger partial charge in [0.2, 0.25) is 5.91 Å². The van der Waals surface area contributed by atoms with Gasteiger partial charge in [-0.05, 0) is 55.3 Å². The van der Waals surface area contributed by atoms with Gasteiger partial charge in [0.15, 0.2) is 5.13 Å². The molecule has 0 radical (unpaired) electrons. The zero-order valence-electron chi connectivity index (χ0n) is 14.2. The minimum absolute atomic E-state index is 0.0723. The number of carbonyl (C=O) groups excluding carboxylic acids is 1. The summed E-state index contributed by atoms with van der Waals surface area (Å²) in [5.74, 6) is 0.0723. The van der Waals surface area contributed by atoms with E-state index in [1.165, 1.54) is 23.5 Å². The standard InChI is InChI=1S/C18H16ClN3O3S2/c19-12-4-9-15-16(11-12)26-18(20-15)21-27(24,25)14-7-5-13(6-8-14)22-10-2-1-3-17(22)23/h4-9,11H,1-3,10H2,(H,20,21). The summed E-state index contributed by atoms with van der Waals surface area (Å²) in [5, 5.41) is 0.853. The SMILES string of the molecule is O=C1CCCCN1c1ccc(S(=O)(=O)Nc2nc3ccc(Cl)cc3s2)cc1. The lowest BCUT2D eigenvalue weighted by Gasteiger charge is -2.26. The maximum Gasteiger partial charge on any atom is 0.263 e. The molecule has 0 saturated carbocycles. The van der Waals surface area contributed by atoms with E-state index < -0.39 is 10.0 Å². The van der Waals surface area contributed by atoms with Crippen molar-refractivity contribution in [2.75, 3.05) is 16.2 Å². The van der Waals surface area contributed by atoms with Crippen LogP contribution in [0.25, 0.3) is 10.2 Å². The third-order valence-electron chi connectivity index (χ3n) is 4.35. The molecular weight excluding hydrogens is 406 g/mol. The van der Waals surface area contributed by atoms with Crippen molar-refractivity contribution < 1.29 is 13.2 Å². The van der Waals surface area contributed by atoms with E-state index in [1.54, 1.807) is 35.2 Å². The van der Waals surface area contributed by atoms with Crippen molar-refractivity contribution in [2.45, 2.75) is 24.2 Å². The number of sulfonamides is 1. The topological polar surface area (TPSA) is 79.4 Å². The summed E-state index contributed by atoms with van der Waals surface area (Å²) >= 11 is 7.18. The molecule has 9 heteroatoms. The van der Waals surface area contributed by atoms with Crippen LogP contribution < -0.4 is 9.62 Å². The number of thiazole rings is 1. The second-order valence-electron chi connectivity index (χ2n) is 6.23. The number of nitrogens with zero attached hydrogens (tertiary/aromatic N) is 2. The highest BCUT2D eigenvalue weighted by atomic mass is 35.5. The van der Waals surface area contributed by atoms with E-state index in [0.717, 1.165) is 17.5 Å². The first-order valence-electron chi connectivity index (χ1n) is 8.42. The normalized spacial score (nSPS) is 15.3. The second kappa shape index (κ2) is 7.10. The number of aromatic nitrogens is 1. The fourth-order valence-electron chi connectivity index (χ4n) is 3.00. The van der Waals surface area contributed by atoms with Crippen LogP contribution in [0, 0.1) is 0 Å². The molecule has 0 unspecified atom stereocenters. The maximum absolute atomic E-state index is 12.6. The van der Waals surface area contributed by atoms with Crippen LogP contribution in [0.5, 0.6) is 0 Å². The van der Waals surface area contributed by atoms with Gasteiger partial charge in [0, 0.05) is 23.7 Å². The van der Waals surface area contributed by atoms with Crippen LogP contribution in [-0.4, -0.2) is 25.9 Å². The van der Waals surface area contributed by atoms with Crippen molar-refractivity contribution in [3.8, 4) is 0 Å². The van der Waals surface area contributed by atoms with Gasteiger partial charge in [0.1, 0.15) is 0 Å². The van der Waals surface area contributed by atoms with Crippen LogP contribution in [0.3, 0.4) is 0 Å². The number of anilines is 2. The Hall–Kier alpha value is -2.16. The summed E-state index contributed by atoms with van der Waals surface area (Å²) in [6.45, 7) is 0.664. The van der Waals surface area contributed by atoms with Crippen molar-refractivity contribution in [2.24, 2.45) is 0 Å². The highest BCUT2D eigenvalue weighted by Crippen LogP contribution is 2.30. The molecule has 140 valence electrons. The van der Waals surface area contributed by atoms with Gasteiger partial charge in [-0.25, -0.2) is 13.4 Å². The molecule has 27 heavy (non-hydrogen) atoms. The minimum Gasteiger partial charge on any atom is -0.312 e. The smallest absolute Gasteiger partial charge is 0.263 e. The summed E-state index contributed by atoms with van der Waals surface area (Å²) in [4.78, 5) is 18.1. The third kappa shape index (κ3) is 3.78. The molecule has 1 aliphatic heterocycles. The van der Waals surface area contributed by atoms with Gasteiger partial charge in [-0.3, -0.25) is 9.52 Å². The van der Waals surface area contributed by atoms with E-state index in [9.17, 15) is 13.2 Å². The lowest BCUT2D eigenvalue weighted by atomic mass is 10.1. The summed E-state index contributed by atoms with van der Waals surface area (Å²) in [5.41, 5.74) is 1.40. The van der Waals surface area contributed by atoms with E-state index >= 15 is 0 Å². The fraction of sp³-hybridized carbons (Fsp3) is 0.222. The molecule has 0 aliphatic carbocycles. The Morgan fingerprint density at radius 3 is 2.63 bits per heavy atom. The Kier molecular flexibility index (Phi) is 4.79. The Morgan fingerprint density at radius 2 is 1.89 bits per heavy atom. The Bertz CT molecular complexity index is 1110. The number of piperidine rings is 1. The number of amides is 1. The molecule has 2 aromatic carbocycles. The number of hydrogen-bond donors (Lipinski definition) is 1. The molecule has 4 rings (SSSR count). The first-order valence-corrected chi connectivity index (χ1v) is 11.1. The van der Waals surface area contributed by atoms with Gasteiger partial charge in [-0.2, -0.15) is 0 Å². The van der Waals surface area contributed by atoms with E-state index in [4.69, 9.17) is 11.6 Å². The fourth-order valence-corrected chi connectivity index (χ4v) is 5.38. The van der Waals surface area contributed by atoms with E-state index in [2.05, 4.69) is 9.71 Å². The number of halogens is 1. The highest BCUT2D eigenvalue weighted by Gasteiger charge is 2.21. The number of nitrogens with one attached hydrogen (secondary N) is 1. The molecule has 0 bridgehead atoms. The van der Waals surface area contributed by atoms with E-state index in [1.807, 2.05) is 0 Å². The van der Waals surface area contributed by atoms with Crippen LogP contribution in [0.4, 0.5) is 10.8 Å². The number of hydrogen-bond acceptors (Lipinski definition) is 5. The average molecular weight is 422 g/mol. The van der Waals surface area contributed by atoms with E-state index in [0.29, 0.717) is 29.2 Å². The van der Waals surface area contributed by atoms with Gasteiger partial charge < -0.3 is 4.90 Å². The van der Waals surface area contributed by atoms with Gasteiger partial charge in [0.25, 0.3) is 10.0 Å². The molecule has 1 amide bonds. The zero-order chi connectivity index (χ0) is 19.0. The number of rotatable bonds is 4. The van der Waals surface area contributed by atoms with Crippen LogP contribution in [0.1, 0.15) is 19.3 Å². The monoisotopic (exact) mass is 421 g/mol. The molecule has 3 aromatic rings.